The van der Waals surface area contributed by atoms with Gasteiger partial charge in [-0.25, -0.2) is 0 Å². The van der Waals surface area contributed by atoms with E-state index in [1.807, 2.05) is 0 Å². The fourth-order valence-corrected chi connectivity index (χ4v) is 5.75. The van der Waals surface area contributed by atoms with E-state index in [1.54, 1.807) is 0 Å². The number of aryl methyl sites for hydroxylation is 6. The molecule has 2 heteroatoms. The standard InChI is InChI=1S/C39H46N2/c1-5-33-15-7-13-30(4)38(33)21-19-32-25-31(14-9-23-40)26-36(27-32)39-34(18-10-24-41)16-8-17-35(39)20-22-37-28(2)11-6-12-29(37)3/h6-8,11-13,15-17,19-22,25-27H,5,9-10,14,18,23-24,40-41H2,1-4H3/b21-19?,22-20-. The van der Waals surface area contributed by atoms with Gasteiger partial charge in [-0.05, 0) is 139 Å². The van der Waals surface area contributed by atoms with Crippen LogP contribution in [-0.4, -0.2) is 13.1 Å². The molecule has 4 N–H and O–H groups in total. The van der Waals surface area contributed by atoms with E-state index in [4.69, 9.17) is 11.5 Å². The molecule has 4 aromatic carbocycles. The highest BCUT2D eigenvalue weighted by atomic mass is 14.5. The summed E-state index contributed by atoms with van der Waals surface area (Å²) in [6.45, 7) is 10.2. The lowest BCUT2D eigenvalue weighted by Crippen LogP contribution is -2.03. The molecule has 0 aromatic heterocycles. The molecule has 0 spiro atoms. The zero-order valence-electron chi connectivity index (χ0n) is 25.3. The quantitative estimate of drug-likeness (QED) is 0.176. The normalized spacial score (nSPS) is 11.7. The van der Waals surface area contributed by atoms with Crippen molar-refractivity contribution >= 4 is 24.3 Å². The maximum absolute atomic E-state index is 5.97. The molecular formula is C39H46N2. The minimum Gasteiger partial charge on any atom is -0.330 e. The van der Waals surface area contributed by atoms with Crippen molar-refractivity contribution in [3.8, 4) is 11.1 Å². The van der Waals surface area contributed by atoms with Crippen LogP contribution in [0.3, 0.4) is 0 Å². The van der Waals surface area contributed by atoms with Crippen LogP contribution < -0.4 is 11.5 Å². The maximum Gasteiger partial charge on any atom is -0.00741 e. The van der Waals surface area contributed by atoms with Crippen molar-refractivity contribution in [1.82, 2.24) is 0 Å². The van der Waals surface area contributed by atoms with E-state index in [2.05, 4.69) is 125 Å². The second-order valence-electron chi connectivity index (χ2n) is 11.1. The zero-order chi connectivity index (χ0) is 29.2. The van der Waals surface area contributed by atoms with E-state index in [1.165, 1.54) is 66.8 Å². The van der Waals surface area contributed by atoms with Gasteiger partial charge < -0.3 is 11.5 Å². The molecule has 0 aliphatic heterocycles. The first-order valence-corrected chi connectivity index (χ1v) is 15.1. The minimum atomic E-state index is 0.683. The summed E-state index contributed by atoms with van der Waals surface area (Å²) in [5.41, 5.74) is 27.5. The van der Waals surface area contributed by atoms with Gasteiger partial charge in [-0.2, -0.15) is 0 Å². The Kier molecular flexibility index (Phi) is 10.9. The number of nitrogens with two attached hydrogens (primary N) is 2. The van der Waals surface area contributed by atoms with E-state index in [0.717, 1.165) is 32.1 Å². The highest BCUT2D eigenvalue weighted by Gasteiger charge is 2.12. The summed E-state index contributed by atoms with van der Waals surface area (Å²) in [6.07, 6.45) is 14.0. The molecule has 0 aliphatic carbocycles. The molecule has 41 heavy (non-hydrogen) atoms. The van der Waals surface area contributed by atoms with Crippen LogP contribution in [0.15, 0.2) is 72.8 Å². The average molecular weight is 543 g/mol. The van der Waals surface area contributed by atoms with Crippen molar-refractivity contribution < 1.29 is 0 Å². The molecule has 0 radical (unpaired) electrons. The molecule has 2 nitrogen and oxygen atoms in total. The molecule has 0 amide bonds. The zero-order valence-corrected chi connectivity index (χ0v) is 25.3. The third-order valence-corrected chi connectivity index (χ3v) is 8.02. The first kappa shape index (κ1) is 30.2. The summed E-state index contributed by atoms with van der Waals surface area (Å²) in [4.78, 5) is 0. The Morgan fingerprint density at radius 2 is 1.22 bits per heavy atom. The lowest BCUT2D eigenvalue weighted by Gasteiger charge is -2.16. The third kappa shape index (κ3) is 7.73. The highest BCUT2D eigenvalue weighted by Crippen LogP contribution is 2.33. The molecule has 0 aliphatic rings. The Bertz CT molecular complexity index is 1500. The molecule has 0 saturated carbocycles. The van der Waals surface area contributed by atoms with Gasteiger partial charge in [-0.1, -0.05) is 98.0 Å². The van der Waals surface area contributed by atoms with E-state index in [9.17, 15) is 0 Å². The van der Waals surface area contributed by atoms with Gasteiger partial charge in [0.1, 0.15) is 0 Å². The number of rotatable bonds is 12. The predicted octanol–water partition coefficient (Wildman–Crippen LogP) is 8.96. The number of benzene rings is 4. The average Bonchev–Trinajstić information content (AvgIpc) is 2.97. The number of hydrogen-bond acceptors (Lipinski definition) is 2. The smallest absolute Gasteiger partial charge is 0.00741 e. The van der Waals surface area contributed by atoms with Crippen molar-refractivity contribution in [3.05, 3.63) is 128 Å². The van der Waals surface area contributed by atoms with Crippen LogP contribution >= 0.6 is 0 Å². The monoisotopic (exact) mass is 542 g/mol. The van der Waals surface area contributed by atoms with Gasteiger partial charge in [0, 0.05) is 0 Å². The van der Waals surface area contributed by atoms with Crippen LogP contribution in [0.25, 0.3) is 35.4 Å². The molecule has 0 bridgehead atoms. The van der Waals surface area contributed by atoms with Crippen molar-refractivity contribution in [1.29, 1.82) is 0 Å². The van der Waals surface area contributed by atoms with Gasteiger partial charge in [0.2, 0.25) is 0 Å². The van der Waals surface area contributed by atoms with Crippen LogP contribution in [0.4, 0.5) is 0 Å². The Labute approximate surface area is 247 Å². The minimum absolute atomic E-state index is 0.683. The fraction of sp³-hybridized carbons (Fsp3) is 0.282. The predicted molar refractivity (Wildman–Crippen MR) is 181 cm³/mol. The van der Waals surface area contributed by atoms with Crippen LogP contribution in [0, 0.1) is 20.8 Å². The van der Waals surface area contributed by atoms with Crippen LogP contribution in [0.1, 0.15) is 75.4 Å². The molecule has 212 valence electrons. The molecular weight excluding hydrogens is 496 g/mol. The largest absolute Gasteiger partial charge is 0.330 e. The lowest BCUT2D eigenvalue weighted by molar-refractivity contribution is 0.831. The van der Waals surface area contributed by atoms with Gasteiger partial charge in [-0.15, -0.1) is 0 Å². The topological polar surface area (TPSA) is 52.0 Å². The Hall–Kier alpha value is -3.72. The first-order chi connectivity index (χ1) is 19.9. The summed E-state index contributed by atoms with van der Waals surface area (Å²) in [7, 11) is 0. The van der Waals surface area contributed by atoms with E-state index in [0.29, 0.717) is 13.1 Å². The van der Waals surface area contributed by atoms with Gasteiger partial charge >= 0.3 is 0 Å². The van der Waals surface area contributed by atoms with Gasteiger partial charge in [-0.3, -0.25) is 0 Å². The van der Waals surface area contributed by atoms with E-state index < -0.39 is 0 Å². The van der Waals surface area contributed by atoms with Crippen LogP contribution in [0.5, 0.6) is 0 Å². The van der Waals surface area contributed by atoms with Gasteiger partial charge in [0.15, 0.2) is 0 Å². The summed E-state index contributed by atoms with van der Waals surface area (Å²) >= 11 is 0. The van der Waals surface area contributed by atoms with Crippen LogP contribution in [0.2, 0.25) is 0 Å². The first-order valence-electron chi connectivity index (χ1n) is 15.1. The number of hydrogen-bond donors (Lipinski definition) is 2. The van der Waals surface area contributed by atoms with E-state index >= 15 is 0 Å². The van der Waals surface area contributed by atoms with Crippen molar-refractivity contribution in [2.45, 2.75) is 59.8 Å². The highest BCUT2D eigenvalue weighted by molar-refractivity contribution is 5.85. The Morgan fingerprint density at radius 3 is 1.93 bits per heavy atom. The molecule has 0 saturated heterocycles. The van der Waals surface area contributed by atoms with Gasteiger partial charge in [0.05, 0.1) is 0 Å². The lowest BCUT2D eigenvalue weighted by atomic mass is 9.88. The molecule has 4 aromatic rings. The third-order valence-electron chi connectivity index (χ3n) is 8.02. The molecule has 0 fully saturated rings. The summed E-state index contributed by atoms with van der Waals surface area (Å²) < 4.78 is 0. The Balaban J connectivity index is 1.86. The van der Waals surface area contributed by atoms with Crippen LogP contribution in [-0.2, 0) is 19.3 Å². The van der Waals surface area contributed by atoms with Crippen molar-refractivity contribution in [3.63, 3.8) is 0 Å². The second-order valence-corrected chi connectivity index (χ2v) is 11.1. The summed E-state index contributed by atoms with van der Waals surface area (Å²) in [5.74, 6) is 0. The summed E-state index contributed by atoms with van der Waals surface area (Å²) in [5, 5.41) is 0. The van der Waals surface area contributed by atoms with Crippen molar-refractivity contribution in [2.75, 3.05) is 13.1 Å². The Morgan fingerprint density at radius 1 is 0.610 bits per heavy atom. The molecule has 0 unspecified atom stereocenters. The second kappa shape index (κ2) is 14.8. The van der Waals surface area contributed by atoms with Gasteiger partial charge in [0.25, 0.3) is 0 Å². The van der Waals surface area contributed by atoms with E-state index in [-0.39, 0.29) is 0 Å². The van der Waals surface area contributed by atoms with Crippen molar-refractivity contribution in [2.24, 2.45) is 11.5 Å². The SMILES string of the molecule is CCc1cccc(C)c1C=Cc1cc(CCCN)cc(-c2c(/C=C\c3c(C)cccc3C)cccc2CCCN)c1. The maximum atomic E-state index is 5.97. The summed E-state index contributed by atoms with van der Waals surface area (Å²) in [6, 6.07) is 26.8. The molecule has 0 atom stereocenters. The molecule has 0 heterocycles. The molecule has 4 rings (SSSR count). The fourth-order valence-electron chi connectivity index (χ4n) is 5.75.